The topological polar surface area (TPSA) is 208 Å². The molecule has 1 aromatic carbocycles. The monoisotopic (exact) mass is 466 g/mol. The summed E-state index contributed by atoms with van der Waals surface area (Å²) in [5.41, 5.74) is 6.55. The summed E-state index contributed by atoms with van der Waals surface area (Å²) in [5.74, 6) is -5.27. The summed E-state index contributed by atoms with van der Waals surface area (Å²) in [7, 11) is 0. The molecule has 0 bridgehead atoms. The average molecular weight is 466 g/mol. The van der Waals surface area contributed by atoms with E-state index in [9.17, 15) is 29.1 Å². The SMILES string of the molecule is CCC(C)C(N)C(=O)NC(Cc1ccc(O)cc1)C(=O)NCC(=O)NC(CC(=O)O)C(=O)O. The van der Waals surface area contributed by atoms with Gasteiger partial charge in [0.1, 0.15) is 17.8 Å². The third-order valence-electron chi connectivity index (χ3n) is 5.00. The van der Waals surface area contributed by atoms with E-state index in [4.69, 9.17) is 15.9 Å². The smallest absolute Gasteiger partial charge is 0.326 e. The van der Waals surface area contributed by atoms with E-state index in [2.05, 4.69) is 10.6 Å². The van der Waals surface area contributed by atoms with Crippen molar-refractivity contribution >= 4 is 29.7 Å². The normalized spacial score (nSPS) is 14.3. The van der Waals surface area contributed by atoms with Crippen LogP contribution in [0.5, 0.6) is 5.75 Å². The van der Waals surface area contributed by atoms with Crippen molar-refractivity contribution in [3.05, 3.63) is 29.8 Å². The number of rotatable bonds is 13. The van der Waals surface area contributed by atoms with Gasteiger partial charge in [-0.25, -0.2) is 4.79 Å². The number of carbonyl (C=O) groups is 5. The van der Waals surface area contributed by atoms with Crippen molar-refractivity contribution in [3.8, 4) is 5.75 Å². The Kier molecular flexibility index (Phi) is 10.8. The molecule has 1 rings (SSSR count). The molecule has 4 unspecified atom stereocenters. The highest BCUT2D eigenvalue weighted by Crippen LogP contribution is 2.12. The molecule has 0 heterocycles. The largest absolute Gasteiger partial charge is 0.508 e. The number of carboxylic acid groups (broad SMARTS) is 2. The Hall–Kier alpha value is -3.67. The lowest BCUT2D eigenvalue weighted by Gasteiger charge is -2.23. The van der Waals surface area contributed by atoms with Crippen molar-refractivity contribution in [2.24, 2.45) is 11.7 Å². The van der Waals surface area contributed by atoms with E-state index in [1.807, 2.05) is 12.2 Å². The van der Waals surface area contributed by atoms with E-state index in [0.29, 0.717) is 12.0 Å². The number of hydrogen-bond acceptors (Lipinski definition) is 7. The van der Waals surface area contributed by atoms with Crippen LogP contribution in [-0.2, 0) is 30.4 Å². The Bertz CT molecular complexity index is 858. The first-order valence-electron chi connectivity index (χ1n) is 10.3. The van der Waals surface area contributed by atoms with E-state index < -0.39 is 60.8 Å². The van der Waals surface area contributed by atoms with Crippen LogP contribution in [0.2, 0.25) is 0 Å². The molecule has 0 saturated carbocycles. The number of amides is 3. The van der Waals surface area contributed by atoms with Gasteiger partial charge in [0.15, 0.2) is 0 Å². The molecule has 0 radical (unpaired) electrons. The van der Waals surface area contributed by atoms with Crippen LogP contribution in [-0.4, -0.2) is 69.7 Å². The van der Waals surface area contributed by atoms with Crippen LogP contribution in [0.3, 0.4) is 0 Å². The fraction of sp³-hybridized carbons (Fsp3) is 0.476. The molecular weight excluding hydrogens is 436 g/mol. The fourth-order valence-corrected chi connectivity index (χ4v) is 2.77. The number of carboxylic acids is 2. The van der Waals surface area contributed by atoms with Gasteiger partial charge in [-0.05, 0) is 23.6 Å². The Morgan fingerprint density at radius 2 is 1.58 bits per heavy atom. The highest BCUT2D eigenvalue weighted by atomic mass is 16.4. The van der Waals surface area contributed by atoms with E-state index in [1.54, 1.807) is 19.1 Å². The van der Waals surface area contributed by atoms with E-state index in [1.165, 1.54) is 12.1 Å². The Morgan fingerprint density at radius 1 is 0.970 bits per heavy atom. The lowest BCUT2D eigenvalue weighted by atomic mass is 9.98. The molecule has 0 saturated heterocycles. The fourth-order valence-electron chi connectivity index (χ4n) is 2.77. The zero-order valence-corrected chi connectivity index (χ0v) is 18.4. The molecule has 3 amide bonds. The van der Waals surface area contributed by atoms with Crippen molar-refractivity contribution in [1.82, 2.24) is 16.0 Å². The van der Waals surface area contributed by atoms with Gasteiger partial charge in [0, 0.05) is 6.42 Å². The lowest BCUT2D eigenvalue weighted by molar-refractivity contribution is -0.147. The van der Waals surface area contributed by atoms with Gasteiger partial charge in [-0.1, -0.05) is 32.4 Å². The lowest BCUT2D eigenvalue weighted by Crippen LogP contribution is -2.55. The molecule has 1 aromatic rings. The number of phenols is 1. The average Bonchev–Trinajstić information content (AvgIpc) is 2.76. The second kappa shape index (κ2) is 13.0. The van der Waals surface area contributed by atoms with Crippen molar-refractivity contribution < 1.29 is 39.3 Å². The highest BCUT2D eigenvalue weighted by Gasteiger charge is 2.27. The Labute approximate surface area is 190 Å². The number of aromatic hydroxyl groups is 1. The highest BCUT2D eigenvalue weighted by molar-refractivity contribution is 5.93. The maximum Gasteiger partial charge on any atom is 0.326 e. The maximum absolute atomic E-state index is 12.7. The first-order valence-corrected chi connectivity index (χ1v) is 10.3. The molecule has 0 aliphatic carbocycles. The number of aliphatic carboxylic acids is 2. The molecule has 0 spiro atoms. The van der Waals surface area contributed by atoms with Crippen LogP contribution >= 0.6 is 0 Å². The van der Waals surface area contributed by atoms with Crippen molar-refractivity contribution in [2.45, 2.75) is 51.2 Å². The third-order valence-corrected chi connectivity index (χ3v) is 5.00. The summed E-state index contributed by atoms with van der Waals surface area (Å²) in [6, 6.07) is 2.32. The van der Waals surface area contributed by atoms with Crippen LogP contribution in [0, 0.1) is 5.92 Å². The zero-order valence-electron chi connectivity index (χ0n) is 18.4. The molecule has 8 N–H and O–H groups in total. The molecule has 12 nitrogen and oxygen atoms in total. The standard InChI is InChI=1S/C21H30N4O8/c1-3-11(2)18(22)20(31)25-14(8-12-4-6-13(26)7-5-12)19(30)23-10-16(27)24-15(21(32)33)9-17(28)29/h4-7,11,14-15,18,26H,3,8-10,22H2,1-2H3,(H,23,30)(H,24,27)(H,25,31)(H,28,29)(H,32,33). The van der Waals surface area contributed by atoms with Crippen LogP contribution in [0.25, 0.3) is 0 Å². The van der Waals surface area contributed by atoms with Gasteiger partial charge in [-0.15, -0.1) is 0 Å². The van der Waals surface area contributed by atoms with Gasteiger partial charge >= 0.3 is 11.9 Å². The predicted octanol–water partition coefficient (Wildman–Crippen LogP) is -1.05. The van der Waals surface area contributed by atoms with Crippen molar-refractivity contribution in [1.29, 1.82) is 0 Å². The number of nitrogens with two attached hydrogens (primary N) is 1. The summed E-state index contributed by atoms with van der Waals surface area (Å²) in [6.07, 6.45) is -0.157. The van der Waals surface area contributed by atoms with Crippen molar-refractivity contribution in [2.75, 3.05) is 6.54 Å². The number of phenolic OH excluding ortho intramolecular Hbond substituents is 1. The molecule has 4 atom stereocenters. The third kappa shape index (κ3) is 9.56. The number of hydrogen-bond donors (Lipinski definition) is 7. The molecule has 0 aromatic heterocycles. The van der Waals surface area contributed by atoms with E-state index in [0.717, 1.165) is 0 Å². The number of benzene rings is 1. The van der Waals surface area contributed by atoms with Crippen LogP contribution in [0.15, 0.2) is 24.3 Å². The zero-order chi connectivity index (χ0) is 25.1. The Morgan fingerprint density at radius 3 is 2.09 bits per heavy atom. The summed E-state index contributed by atoms with van der Waals surface area (Å²) in [4.78, 5) is 59.0. The maximum atomic E-state index is 12.7. The van der Waals surface area contributed by atoms with Gasteiger partial charge in [-0.2, -0.15) is 0 Å². The van der Waals surface area contributed by atoms with Gasteiger partial charge < -0.3 is 37.0 Å². The summed E-state index contributed by atoms with van der Waals surface area (Å²) < 4.78 is 0. The first kappa shape index (κ1) is 27.4. The van der Waals surface area contributed by atoms with Crippen LogP contribution in [0.4, 0.5) is 0 Å². The summed E-state index contributed by atoms with van der Waals surface area (Å²) in [5, 5.41) is 34.0. The molecule has 182 valence electrons. The quantitative estimate of drug-likeness (QED) is 0.189. The molecule has 0 fully saturated rings. The van der Waals surface area contributed by atoms with Crippen LogP contribution in [0.1, 0.15) is 32.3 Å². The number of nitrogens with one attached hydrogen (secondary N) is 3. The van der Waals surface area contributed by atoms with Gasteiger partial charge in [0.05, 0.1) is 19.0 Å². The number of carbonyl (C=O) groups excluding carboxylic acids is 3. The molecular formula is C21H30N4O8. The second-order valence-corrected chi connectivity index (χ2v) is 7.62. The van der Waals surface area contributed by atoms with Crippen LogP contribution < -0.4 is 21.7 Å². The summed E-state index contributed by atoms with van der Waals surface area (Å²) >= 11 is 0. The van der Waals surface area contributed by atoms with Crippen molar-refractivity contribution in [3.63, 3.8) is 0 Å². The van der Waals surface area contributed by atoms with E-state index >= 15 is 0 Å². The minimum atomic E-state index is -1.66. The minimum absolute atomic E-state index is 0.0218. The van der Waals surface area contributed by atoms with Gasteiger partial charge in [-0.3, -0.25) is 19.2 Å². The van der Waals surface area contributed by atoms with Gasteiger partial charge in [0.25, 0.3) is 0 Å². The molecule has 0 aliphatic heterocycles. The van der Waals surface area contributed by atoms with Gasteiger partial charge in [0.2, 0.25) is 17.7 Å². The Balaban J connectivity index is 2.86. The molecule has 12 heteroatoms. The second-order valence-electron chi connectivity index (χ2n) is 7.62. The van der Waals surface area contributed by atoms with E-state index in [-0.39, 0.29) is 18.1 Å². The predicted molar refractivity (Wildman–Crippen MR) is 116 cm³/mol. The summed E-state index contributed by atoms with van der Waals surface area (Å²) in [6.45, 7) is 3.02. The minimum Gasteiger partial charge on any atom is -0.508 e. The molecule has 0 aliphatic rings. The first-order chi connectivity index (χ1) is 15.4. The molecule has 33 heavy (non-hydrogen) atoms.